The molecule has 0 aromatic rings. The van der Waals surface area contributed by atoms with Crippen molar-refractivity contribution in [2.75, 3.05) is 0 Å². The number of allylic oxidation sites excluding steroid dienone is 1. The molecule has 3 heteroatoms. The molecule has 0 aromatic carbocycles. The monoisotopic (exact) mass is 212 g/mol. The van der Waals surface area contributed by atoms with Crippen LogP contribution in [0.1, 0.15) is 48.0 Å². The molecule has 0 aliphatic carbocycles. The van der Waals surface area contributed by atoms with Crippen molar-refractivity contribution in [1.29, 1.82) is 0 Å². The summed E-state index contributed by atoms with van der Waals surface area (Å²) in [6, 6.07) is 0. The Morgan fingerprint density at radius 2 is 1.53 bits per heavy atom. The van der Waals surface area contributed by atoms with E-state index >= 15 is 0 Å². The van der Waals surface area contributed by atoms with Crippen molar-refractivity contribution in [3.63, 3.8) is 0 Å². The van der Waals surface area contributed by atoms with Gasteiger partial charge in [0.05, 0.1) is 0 Å². The topological polar surface area (TPSA) is 43.4 Å². The lowest BCUT2D eigenvalue weighted by Gasteiger charge is -2.20. The summed E-state index contributed by atoms with van der Waals surface area (Å²) in [4.78, 5) is 22.3. The molecule has 0 aromatic heterocycles. The third-order valence-corrected chi connectivity index (χ3v) is 1.79. The van der Waals surface area contributed by atoms with Crippen LogP contribution >= 0.6 is 0 Å². The molecule has 0 fully saturated rings. The minimum absolute atomic E-state index is 0.00239. The average molecular weight is 212 g/mol. The standard InChI is InChI=1S/C12H20O3/c1-8(2)10(7-12(4,5)6)11(14)15-9(3)13/h7H2,1-6H3. The SMILES string of the molecule is CC(=O)OC(=O)C(CC(C)(C)C)=C(C)C. The first kappa shape index (κ1) is 13.9. The van der Waals surface area contributed by atoms with Gasteiger partial charge in [-0.3, -0.25) is 4.79 Å². The normalized spacial score (nSPS) is 10.8. The number of carbonyl (C=O) groups is 2. The zero-order valence-electron chi connectivity index (χ0n) is 10.4. The largest absolute Gasteiger partial charge is 0.390 e. The van der Waals surface area contributed by atoms with Crippen LogP contribution < -0.4 is 0 Å². The highest BCUT2D eigenvalue weighted by molar-refractivity contribution is 5.96. The van der Waals surface area contributed by atoms with E-state index in [1.807, 2.05) is 34.6 Å². The molecule has 0 radical (unpaired) electrons. The van der Waals surface area contributed by atoms with Gasteiger partial charge in [0.1, 0.15) is 0 Å². The lowest BCUT2D eigenvalue weighted by molar-refractivity contribution is -0.155. The predicted octanol–water partition coefficient (Wildman–Crippen LogP) is 2.85. The quantitative estimate of drug-likeness (QED) is 0.401. The van der Waals surface area contributed by atoms with E-state index in [1.165, 1.54) is 6.92 Å². The van der Waals surface area contributed by atoms with Crippen LogP contribution in [0.4, 0.5) is 0 Å². The molecule has 0 aliphatic rings. The van der Waals surface area contributed by atoms with Crippen molar-refractivity contribution < 1.29 is 14.3 Å². The Balaban J connectivity index is 4.79. The van der Waals surface area contributed by atoms with Crippen LogP contribution in [0.15, 0.2) is 11.1 Å². The Hall–Kier alpha value is -1.12. The van der Waals surface area contributed by atoms with E-state index < -0.39 is 11.9 Å². The number of hydrogen-bond acceptors (Lipinski definition) is 3. The average Bonchev–Trinajstić information content (AvgIpc) is 1.96. The van der Waals surface area contributed by atoms with Crippen molar-refractivity contribution in [3.05, 3.63) is 11.1 Å². The number of carbonyl (C=O) groups excluding carboxylic acids is 2. The van der Waals surface area contributed by atoms with Crippen molar-refractivity contribution in [2.24, 2.45) is 5.41 Å². The van der Waals surface area contributed by atoms with E-state index in [4.69, 9.17) is 0 Å². The van der Waals surface area contributed by atoms with E-state index in [0.29, 0.717) is 12.0 Å². The Bertz CT molecular complexity index is 288. The second-order valence-electron chi connectivity index (χ2n) is 5.10. The first-order valence-electron chi connectivity index (χ1n) is 5.02. The van der Waals surface area contributed by atoms with Gasteiger partial charge in [-0.05, 0) is 25.7 Å². The molecule has 0 rings (SSSR count). The van der Waals surface area contributed by atoms with Crippen LogP contribution in [0.3, 0.4) is 0 Å². The van der Waals surface area contributed by atoms with Crippen LogP contribution in [0.5, 0.6) is 0 Å². The molecule has 0 atom stereocenters. The minimum atomic E-state index is -0.562. The van der Waals surface area contributed by atoms with E-state index in [9.17, 15) is 9.59 Å². The predicted molar refractivity (Wildman–Crippen MR) is 59.2 cm³/mol. The summed E-state index contributed by atoms with van der Waals surface area (Å²) < 4.78 is 4.58. The van der Waals surface area contributed by atoms with Gasteiger partial charge in [0.25, 0.3) is 0 Å². The number of esters is 2. The molecule has 0 saturated heterocycles. The Kier molecular flexibility index (Phi) is 4.72. The van der Waals surface area contributed by atoms with Gasteiger partial charge >= 0.3 is 11.9 Å². The van der Waals surface area contributed by atoms with E-state index in [1.54, 1.807) is 0 Å². The molecule has 0 amide bonds. The third-order valence-electron chi connectivity index (χ3n) is 1.79. The molecule has 0 bridgehead atoms. The summed E-state index contributed by atoms with van der Waals surface area (Å²) in [5.41, 5.74) is 1.50. The van der Waals surface area contributed by atoms with E-state index in [2.05, 4.69) is 4.74 Å². The Labute approximate surface area is 91.5 Å². The van der Waals surface area contributed by atoms with Crippen LogP contribution in [-0.2, 0) is 14.3 Å². The third kappa shape index (κ3) is 6.05. The van der Waals surface area contributed by atoms with Gasteiger partial charge in [0, 0.05) is 12.5 Å². The summed E-state index contributed by atoms with van der Waals surface area (Å²) >= 11 is 0. The van der Waals surface area contributed by atoms with Gasteiger partial charge in [-0.25, -0.2) is 4.79 Å². The van der Waals surface area contributed by atoms with Gasteiger partial charge in [-0.2, -0.15) is 0 Å². The van der Waals surface area contributed by atoms with E-state index in [-0.39, 0.29) is 5.41 Å². The van der Waals surface area contributed by atoms with Crippen LogP contribution in [0.25, 0.3) is 0 Å². The molecule has 0 saturated carbocycles. The lowest BCUT2D eigenvalue weighted by Crippen LogP contribution is -2.17. The van der Waals surface area contributed by atoms with Crippen molar-refractivity contribution in [1.82, 2.24) is 0 Å². The Morgan fingerprint density at radius 3 is 1.80 bits per heavy atom. The number of rotatable bonds is 2. The molecule has 0 aliphatic heterocycles. The maximum Gasteiger partial charge on any atom is 0.341 e. The van der Waals surface area contributed by atoms with Crippen molar-refractivity contribution >= 4 is 11.9 Å². The van der Waals surface area contributed by atoms with Gasteiger partial charge in [0.2, 0.25) is 0 Å². The van der Waals surface area contributed by atoms with Gasteiger partial charge < -0.3 is 4.74 Å². The fraction of sp³-hybridized carbons (Fsp3) is 0.667. The molecule has 0 unspecified atom stereocenters. The second-order valence-corrected chi connectivity index (χ2v) is 5.10. The van der Waals surface area contributed by atoms with Crippen molar-refractivity contribution in [3.8, 4) is 0 Å². The molecule has 86 valence electrons. The summed E-state index contributed by atoms with van der Waals surface area (Å²) in [7, 11) is 0. The second kappa shape index (κ2) is 5.10. The highest BCUT2D eigenvalue weighted by Crippen LogP contribution is 2.26. The van der Waals surface area contributed by atoms with Crippen molar-refractivity contribution in [2.45, 2.75) is 48.0 Å². The lowest BCUT2D eigenvalue weighted by atomic mass is 9.86. The molecule has 15 heavy (non-hydrogen) atoms. The zero-order chi connectivity index (χ0) is 12.2. The maximum atomic E-state index is 11.6. The maximum absolute atomic E-state index is 11.6. The molecule has 0 heterocycles. The summed E-state index contributed by atoms with van der Waals surface area (Å²) in [5, 5.41) is 0. The summed E-state index contributed by atoms with van der Waals surface area (Å²) in [6.45, 7) is 11.0. The summed E-state index contributed by atoms with van der Waals surface area (Å²) in [5.74, 6) is -1.08. The molecule has 0 spiro atoms. The smallest absolute Gasteiger partial charge is 0.341 e. The number of ether oxygens (including phenoxy) is 1. The molecular weight excluding hydrogens is 192 g/mol. The fourth-order valence-electron chi connectivity index (χ4n) is 1.18. The first-order valence-corrected chi connectivity index (χ1v) is 5.02. The van der Waals surface area contributed by atoms with Gasteiger partial charge in [0.15, 0.2) is 0 Å². The fourth-order valence-corrected chi connectivity index (χ4v) is 1.18. The van der Waals surface area contributed by atoms with E-state index in [0.717, 1.165) is 5.57 Å². The molecule has 3 nitrogen and oxygen atoms in total. The highest BCUT2D eigenvalue weighted by atomic mass is 16.6. The van der Waals surface area contributed by atoms with Gasteiger partial charge in [-0.15, -0.1) is 0 Å². The molecular formula is C12H20O3. The first-order chi connectivity index (χ1) is 6.63. The van der Waals surface area contributed by atoms with Crippen LogP contribution in [0, 0.1) is 5.41 Å². The van der Waals surface area contributed by atoms with Crippen LogP contribution in [-0.4, -0.2) is 11.9 Å². The minimum Gasteiger partial charge on any atom is -0.390 e. The highest BCUT2D eigenvalue weighted by Gasteiger charge is 2.21. The Morgan fingerprint density at radius 1 is 1.07 bits per heavy atom. The zero-order valence-corrected chi connectivity index (χ0v) is 10.4. The van der Waals surface area contributed by atoms with Gasteiger partial charge in [-0.1, -0.05) is 26.3 Å². The molecule has 0 N–H and O–H groups in total. The summed E-state index contributed by atoms with van der Waals surface area (Å²) in [6.07, 6.45) is 0.613. The number of hydrogen-bond donors (Lipinski definition) is 0. The van der Waals surface area contributed by atoms with Crippen LogP contribution in [0.2, 0.25) is 0 Å².